The number of hydrogen-bond acceptors (Lipinski definition) is 3. The Morgan fingerprint density at radius 2 is 2.06 bits per heavy atom. The first-order valence-electron chi connectivity index (χ1n) is 5.91. The molecule has 3 nitrogen and oxygen atoms in total. The molecule has 1 fully saturated rings. The van der Waals surface area contributed by atoms with Crippen LogP contribution in [-0.2, 0) is 11.2 Å². The van der Waals surface area contributed by atoms with Gasteiger partial charge in [0, 0.05) is 5.69 Å². The molecule has 0 aliphatic carbocycles. The number of aliphatic hydroxyl groups is 1. The Bertz CT molecular complexity index is 323. The van der Waals surface area contributed by atoms with E-state index in [0.717, 1.165) is 12.1 Å². The summed E-state index contributed by atoms with van der Waals surface area (Å²) in [5.41, 5.74) is 2.41. The Balaban J connectivity index is 1.94. The van der Waals surface area contributed by atoms with E-state index in [9.17, 15) is 5.11 Å². The second kappa shape index (κ2) is 5.32. The van der Waals surface area contributed by atoms with E-state index in [2.05, 4.69) is 36.5 Å². The summed E-state index contributed by atoms with van der Waals surface area (Å²) in [6.07, 6.45) is 1.90. The van der Waals surface area contributed by atoms with Gasteiger partial charge in [0.15, 0.2) is 0 Å². The van der Waals surface area contributed by atoms with Crippen molar-refractivity contribution in [2.75, 3.05) is 18.5 Å². The fourth-order valence-corrected chi connectivity index (χ4v) is 1.95. The van der Waals surface area contributed by atoms with Crippen LogP contribution >= 0.6 is 0 Å². The molecule has 88 valence electrons. The molecule has 0 radical (unpaired) electrons. The van der Waals surface area contributed by atoms with E-state index < -0.39 is 6.10 Å². The van der Waals surface area contributed by atoms with Gasteiger partial charge >= 0.3 is 0 Å². The lowest BCUT2D eigenvalue weighted by Crippen LogP contribution is -2.31. The average molecular weight is 221 g/mol. The Kier molecular flexibility index (Phi) is 3.80. The number of benzene rings is 1. The molecular formula is C13H19NO2. The summed E-state index contributed by atoms with van der Waals surface area (Å²) in [5, 5.41) is 12.9. The van der Waals surface area contributed by atoms with Gasteiger partial charge in [0.05, 0.1) is 25.4 Å². The number of hydrogen-bond donors (Lipinski definition) is 2. The van der Waals surface area contributed by atoms with E-state index in [1.165, 1.54) is 12.0 Å². The Morgan fingerprint density at radius 3 is 2.62 bits per heavy atom. The molecule has 0 spiro atoms. The van der Waals surface area contributed by atoms with Gasteiger partial charge in [0.1, 0.15) is 0 Å². The van der Waals surface area contributed by atoms with Crippen molar-refractivity contribution in [2.24, 2.45) is 0 Å². The number of ether oxygens (including phenoxy) is 1. The Hall–Kier alpha value is -1.06. The first kappa shape index (κ1) is 11.4. The lowest BCUT2D eigenvalue weighted by Gasteiger charge is -2.16. The van der Waals surface area contributed by atoms with E-state index in [0.29, 0.717) is 13.2 Å². The summed E-state index contributed by atoms with van der Waals surface area (Å²) in [4.78, 5) is 0. The number of rotatable bonds is 4. The molecular weight excluding hydrogens is 202 g/mol. The van der Waals surface area contributed by atoms with E-state index in [4.69, 9.17) is 4.74 Å². The van der Waals surface area contributed by atoms with Crippen molar-refractivity contribution in [1.82, 2.24) is 0 Å². The number of aliphatic hydroxyl groups excluding tert-OH is 1. The number of nitrogens with one attached hydrogen (secondary N) is 1. The Morgan fingerprint density at radius 1 is 1.31 bits per heavy atom. The molecule has 1 aromatic carbocycles. The molecule has 0 saturated carbocycles. The number of anilines is 1. The van der Waals surface area contributed by atoms with Gasteiger partial charge in [-0.05, 0) is 24.1 Å². The molecule has 1 saturated heterocycles. The number of aryl methyl sites for hydroxylation is 1. The third-order valence-corrected chi connectivity index (χ3v) is 2.90. The molecule has 0 amide bonds. The highest BCUT2D eigenvalue weighted by atomic mass is 16.5. The minimum absolute atomic E-state index is 0.0250. The van der Waals surface area contributed by atoms with Crippen molar-refractivity contribution in [3.63, 3.8) is 0 Å². The van der Waals surface area contributed by atoms with E-state index >= 15 is 0 Å². The van der Waals surface area contributed by atoms with Gasteiger partial charge in [-0.25, -0.2) is 0 Å². The van der Waals surface area contributed by atoms with Gasteiger partial charge in [-0.15, -0.1) is 0 Å². The normalized spacial score (nSPS) is 24.6. The molecule has 0 aromatic heterocycles. The predicted molar refractivity (Wildman–Crippen MR) is 64.7 cm³/mol. The summed E-state index contributed by atoms with van der Waals surface area (Å²) in [6, 6.07) is 8.42. The molecule has 1 aromatic rings. The van der Waals surface area contributed by atoms with Crippen LogP contribution in [0.5, 0.6) is 0 Å². The van der Waals surface area contributed by atoms with Crippen LogP contribution in [0.3, 0.4) is 0 Å². The van der Waals surface area contributed by atoms with Crippen molar-refractivity contribution in [2.45, 2.75) is 31.9 Å². The van der Waals surface area contributed by atoms with Gasteiger partial charge in [0.2, 0.25) is 0 Å². The molecule has 1 aliphatic rings. The fourth-order valence-electron chi connectivity index (χ4n) is 1.95. The maximum Gasteiger partial charge on any atom is 0.0996 e. The molecule has 1 aliphatic heterocycles. The lowest BCUT2D eigenvalue weighted by molar-refractivity contribution is 0.125. The third-order valence-electron chi connectivity index (χ3n) is 2.90. The summed E-state index contributed by atoms with van der Waals surface area (Å²) >= 11 is 0. The smallest absolute Gasteiger partial charge is 0.0996 e. The van der Waals surface area contributed by atoms with Crippen molar-refractivity contribution in [3.05, 3.63) is 29.8 Å². The zero-order valence-corrected chi connectivity index (χ0v) is 9.65. The third kappa shape index (κ3) is 2.74. The molecule has 3 heteroatoms. The van der Waals surface area contributed by atoms with Crippen LogP contribution < -0.4 is 5.32 Å². The molecule has 0 bridgehead atoms. The van der Waals surface area contributed by atoms with Crippen molar-refractivity contribution in [3.8, 4) is 0 Å². The predicted octanol–water partition coefficient (Wildman–Crippen LogP) is 1.81. The zero-order valence-electron chi connectivity index (χ0n) is 9.65. The Labute approximate surface area is 96.4 Å². The summed E-state index contributed by atoms with van der Waals surface area (Å²) < 4.78 is 5.19. The minimum atomic E-state index is -0.393. The summed E-state index contributed by atoms with van der Waals surface area (Å²) in [5.74, 6) is 0. The average Bonchev–Trinajstić information content (AvgIpc) is 2.68. The van der Waals surface area contributed by atoms with E-state index in [-0.39, 0.29) is 6.04 Å². The molecule has 2 unspecified atom stereocenters. The van der Waals surface area contributed by atoms with Crippen LogP contribution in [0, 0.1) is 0 Å². The van der Waals surface area contributed by atoms with Gasteiger partial charge < -0.3 is 15.2 Å². The molecule has 2 atom stereocenters. The topological polar surface area (TPSA) is 41.5 Å². The summed E-state index contributed by atoms with van der Waals surface area (Å²) in [6.45, 7) is 3.20. The van der Waals surface area contributed by atoms with Crippen LogP contribution in [0.4, 0.5) is 5.69 Å². The second-order valence-corrected chi connectivity index (χ2v) is 4.30. The molecule has 1 heterocycles. The van der Waals surface area contributed by atoms with E-state index in [1.54, 1.807) is 0 Å². The van der Waals surface area contributed by atoms with Crippen molar-refractivity contribution in [1.29, 1.82) is 0 Å². The quantitative estimate of drug-likeness (QED) is 0.814. The molecule has 2 rings (SSSR count). The highest BCUT2D eigenvalue weighted by Gasteiger charge is 2.25. The van der Waals surface area contributed by atoms with Gasteiger partial charge in [0.25, 0.3) is 0 Å². The van der Waals surface area contributed by atoms with Crippen molar-refractivity contribution < 1.29 is 9.84 Å². The molecule has 2 N–H and O–H groups in total. The first-order valence-corrected chi connectivity index (χ1v) is 5.91. The second-order valence-electron chi connectivity index (χ2n) is 4.30. The van der Waals surface area contributed by atoms with Crippen molar-refractivity contribution >= 4 is 5.69 Å². The largest absolute Gasteiger partial charge is 0.388 e. The van der Waals surface area contributed by atoms with Crippen LogP contribution in [-0.4, -0.2) is 30.5 Å². The minimum Gasteiger partial charge on any atom is -0.388 e. The van der Waals surface area contributed by atoms with Gasteiger partial charge in [-0.3, -0.25) is 0 Å². The monoisotopic (exact) mass is 221 g/mol. The van der Waals surface area contributed by atoms with Gasteiger partial charge in [-0.1, -0.05) is 25.5 Å². The highest BCUT2D eigenvalue weighted by molar-refractivity contribution is 5.46. The lowest BCUT2D eigenvalue weighted by atomic mass is 10.1. The zero-order chi connectivity index (χ0) is 11.4. The van der Waals surface area contributed by atoms with Crippen LogP contribution in [0.2, 0.25) is 0 Å². The summed E-state index contributed by atoms with van der Waals surface area (Å²) in [7, 11) is 0. The standard InChI is InChI=1S/C13H19NO2/c1-2-3-10-4-6-11(7-5-10)14-12-8-16-9-13(12)15/h4-7,12-15H,2-3,8-9H2,1H3. The first-order chi connectivity index (χ1) is 7.79. The SMILES string of the molecule is CCCc1ccc(NC2COCC2O)cc1. The maximum atomic E-state index is 9.60. The van der Waals surface area contributed by atoms with Crippen LogP contribution in [0.15, 0.2) is 24.3 Å². The van der Waals surface area contributed by atoms with Gasteiger partial charge in [-0.2, -0.15) is 0 Å². The molecule has 16 heavy (non-hydrogen) atoms. The van der Waals surface area contributed by atoms with Crippen LogP contribution in [0.1, 0.15) is 18.9 Å². The van der Waals surface area contributed by atoms with Crippen LogP contribution in [0.25, 0.3) is 0 Å². The van der Waals surface area contributed by atoms with E-state index in [1.807, 2.05) is 0 Å². The highest BCUT2D eigenvalue weighted by Crippen LogP contribution is 2.15. The fraction of sp³-hybridized carbons (Fsp3) is 0.538. The maximum absolute atomic E-state index is 9.60.